The summed E-state index contributed by atoms with van der Waals surface area (Å²) in [6, 6.07) is 11.3. The van der Waals surface area contributed by atoms with Gasteiger partial charge in [0.05, 0.1) is 30.7 Å². The van der Waals surface area contributed by atoms with Crippen LogP contribution in [0.3, 0.4) is 0 Å². The summed E-state index contributed by atoms with van der Waals surface area (Å²) >= 11 is 0. The van der Waals surface area contributed by atoms with E-state index in [1.54, 1.807) is 33.9 Å². The van der Waals surface area contributed by atoms with Gasteiger partial charge in [-0.05, 0) is 35.9 Å². The van der Waals surface area contributed by atoms with Gasteiger partial charge in [-0.3, -0.25) is 9.78 Å². The SMILES string of the molecule is O=c1c2cnc3nc(-c4cccnc4)nn3c2ccn1Cc1ccc2c(c1)OCCCO2. The van der Waals surface area contributed by atoms with Gasteiger partial charge in [0.15, 0.2) is 17.3 Å². The zero-order valence-electron chi connectivity index (χ0n) is 17.0. The van der Waals surface area contributed by atoms with Gasteiger partial charge in [0, 0.05) is 36.8 Å². The maximum absolute atomic E-state index is 13.2. The molecule has 0 N–H and O–H groups in total. The molecule has 9 heteroatoms. The first kappa shape index (κ1) is 18.5. The molecule has 0 saturated carbocycles. The minimum Gasteiger partial charge on any atom is -0.490 e. The third-order valence-corrected chi connectivity index (χ3v) is 5.39. The lowest BCUT2D eigenvalue weighted by Crippen LogP contribution is -2.21. The summed E-state index contributed by atoms with van der Waals surface area (Å²) in [4.78, 5) is 26.1. The number of hydrogen-bond donors (Lipinski definition) is 0. The van der Waals surface area contributed by atoms with Gasteiger partial charge < -0.3 is 14.0 Å². The predicted octanol–water partition coefficient (Wildman–Crippen LogP) is 2.71. The van der Waals surface area contributed by atoms with Crippen molar-refractivity contribution in [2.75, 3.05) is 13.2 Å². The number of rotatable bonds is 3. The molecule has 0 saturated heterocycles. The van der Waals surface area contributed by atoms with Crippen LogP contribution in [-0.2, 0) is 6.54 Å². The van der Waals surface area contributed by atoms with E-state index in [9.17, 15) is 4.79 Å². The quantitative estimate of drug-likeness (QED) is 0.438. The second-order valence-electron chi connectivity index (χ2n) is 7.53. The monoisotopic (exact) mass is 426 g/mol. The molecule has 9 nitrogen and oxygen atoms in total. The number of benzene rings is 1. The molecule has 158 valence electrons. The maximum Gasteiger partial charge on any atom is 0.261 e. The van der Waals surface area contributed by atoms with E-state index in [2.05, 4.69) is 20.1 Å². The molecule has 0 unspecified atom stereocenters. The van der Waals surface area contributed by atoms with E-state index < -0.39 is 0 Å². The predicted molar refractivity (Wildman–Crippen MR) is 117 cm³/mol. The van der Waals surface area contributed by atoms with Crippen LogP contribution >= 0.6 is 0 Å². The van der Waals surface area contributed by atoms with Crippen molar-refractivity contribution in [2.45, 2.75) is 13.0 Å². The summed E-state index contributed by atoms with van der Waals surface area (Å²) in [5, 5.41) is 5.02. The van der Waals surface area contributed by atoms with Crippen molar-refractivity contribution in [1.29, 1.82) is 0 Å². The normalized spacial score (nSPS) is 13.4. The van der Waals surface area contributed by atoms with Crippen LogP contribution in [-0.4, -0.2) is 42.3 Å². The summed E-state index contributed by atoms with van der Waals surface area (Å²) in [7, 11) is 0. The van der Waals surface area contributed by atoms with E-state index in [4.69, 9.17) is 9.47 Å². The second-order valence-corrected chi connectivity index (χ2v) is 7.53. The van der Waals surface area contributed by atoms with E-state index in [-0.39, 0.29) is 5.56 Å². The van der Waals surface area contributed by atoms with E-state index >= 15 is 0 Å². The molecule has 1 aliphatic heterocycles. The Hall–Kier alpha value is -4.27. The summed E-state index contributed by atoms with van der Waals surface area (Å²) in [5.74, 6) is 2.38. The van der Waals surface area contributed by atoms with Crippen LogP contribution in [0.1, 0.15) is 12.0 Å². The Bertz CT molecular complexity index is 1510. The average molecular weight is 426 g/mol. The minimum atomic E-state index is -0.151. The Balaban J connectivity index is 1.39. The molecular weight excluding hydrogens is 408 g/mol. The fourth-order valence-corrected chi connectivity index (χ4v) is 3.80. The van der Waals surface area contributed by atoms with Crippen LogP contribution in [0, 0.1) is 0 Å². The van der Waals surface area contributed by atoms with Crippen LogP contribution < -0.4 is 15.0 Å². The topological polar surface area (TPSA) is 96.4 Å². The van der Waals surface area contributed by atoms with Gasteiger partial charge in [-0.2, -0.15) is 9.50 Å². The fourth-order valence-electron chi connectivity index (χ4n) is 3.80. The molecule has 5 aromatic rings. The number of hydrogen-bond acceptors (Lipinski definition) is 7. The third kappa shape index (κ3) is 3.15. The summed E-state index contributed by atoms with van der Waals surface area (Å²) in [5.41, 5.74) is 2.23. The standard InChI is InChI=1S/C23H18N6O3/c30-22-17-13-25-23-26-21(16-3-1-7-24-12-16)27-29(23)18(17)6-8-28(22)14-15-4-5-19-20(11-15)32-10-2-9-31-19/h1,3-8,11-13H,2,9-10,14H2. The van der Waals surface area contributed by atoms with Crippen molar-refractivity contribution in [3.8, 4) is 22.9 Å². The summed E-state index contributed by atoms with van der Waals surface area (Å²) < 4.78 is 14.7. The average Bonchev–Trinajstić information content (AvgIpc) is 3.14. The van der Waals surface area contributed by atoms with Gasteiger partial charge in [-0.1, -0.05) is 6.07 Å². The molecule has 6 rings (SSSR count). The van der Waals surface area contributed by atoms with E-state index in [0.717, 1.165) is 23.3 Å². The largest absolute Gasteiger partial charge is 0.490 e. The van der Waals surface area contributed by atoms with Gasteiger partial charge in [0.25, 0.3) is 11.3 Å². The highest BCUT2D eigenvalue weighted by atomic mass is 16.5. The highest BCUT2D eigenvalue weighted by molar-refractivity contribution is 5.79. The Kier molecular flexibility index (Phi) is 4.31. The smallest absolute Gasteiger partial charge is 0.261 e. The number of nitrogens with zero attached hydrogens (tertiary/aromatic N) is 6. The fraction of sp³-hybridized carbons (Fsp3) is 0.174. The van der Waals surface area contributed by atoms with Gasteiger partial charge in [-0.25, -0.2) is 4.98 Å². The lowest BCUT2D eigenvalue weighted by molar-refractivity contribution is 0.297. The molecule has 0 bridgehead atoms. The van der Waals surface area contributed by atoms with Crippen molar-refractivity contribution >= 4 is 16.7 Å². The van der Waals surface area contributed by atoms with Crippen molar-refractivity contribution < 1.29 is 9.47 Å². The highest BCUT2D eigenvalue weighted by Gasteiger charge is 2.14. The Morgan fingerprint density at radius 2 is 1.94 bits per heavy atom. The van der Waals surface area contributed by atoms with Crippen LogP contribution in [0.25, 0.3) is 28.1 Å². The Morgan fingerprint density at radius 1 is 1.03 bits per heavy atom. The Morgan fingerprint density at radius 3 is 2.81 bits per heavy atom. The molecule has 32 heavy (non-hydrogen) atoms. The molecule has 1 aliphatic rings. The van der Waals surface area contributed by atoms with Crippen molar-refractivity contribution in [2.24, 2.45) is 0 Å². The molecule has 0 aliphatic carbocycles. The number of pyridine rings is 2. The van der Waals surface area contributed by atoms with Crippen LogP contribution in [0.4, 0.5) is 0 Å². The van der Waals surface area contributed by atoms with Crippen LogP contribution in [0.5, 0.6) is 11.5 Å². The van der Waals surface area contributed by atoms with Crippen molar-refractivity contribution in [3.05, 3.63) is 77.1 Å². The summed E-state index contributed by atoms with van der Waals surface area (Å²) in [6.45, 7) is 1.66. The number of aromatic nitrogens is 6. The lowest BCUT2D eigenvalue weighted by atomic mass is 10.2. The molecule has 0 amide bonds. The number of fused-ring (bicyclic) bond motifs is 4. The van der Waals surface area contributed by atoms with E-state index in [0.29, 0.717) is 48.0 Å². The van der Waals surface area contributed by atoms with Gasteiger partial charge in [0.2, 0.25) is 0 Å². The van der Waals surface area contributed by atoms with Crippen LogP contribution in [0.15, 0.2) is 66.0 Å². The first-order valence-corrected chi connectivity index (χ1v) is 10.3. The van der Waals surface area contributed by atoms with Gasteiger partial charge in [-0.15, -0.1) is 5.10 Å². The molecule has 0 spiro atoms. The first-order chi connectivity index (χ1) is 15.8. The molecule has 0 atom stereocenters. The first-order valence-electron chi connectivity index (χ1n) is 10.3. The molecule has 4 aromatic heterocycles. The third-order valence-electron chi connectivity index (χ3n) is 5.39. The van der Waals surface area contributed by atoms with Crippen molar-refractivity contribution in [1.82, 2.24) is 29.1 Å². The minimum absolute atomic E-state index is 0.151. The molecule has 0 fully saturated rings. The van der Waals surface area contributed by atoms with Crippen molar-refractivity contribution in [3.63, 3.8) is 0 Å². The molecule has 0 radical (unpaired) electrons. The Labute approximate surface area is 181 Å². The van der Waals surface area contributed by atoms with Gasteiger partial charge >= 0.3 is 0 Å². The van der Waals surface area contributed by atoms with Crippen LogP contribution in [0.2, 0.25) is 0 Å². The summed E-state index contributed by atoms with van der Waals surface area (Å²) in [6.07, 6.45) is 7.55. The zero-order valence-corrected chi connectivity index (χ0v) is 17.0. The number of ether oxygens (including phenoxy) is 2. The highest BCUT2D eigenvalue weighted by Crippen LogP contribution is 2.30. The second kappa shape index (κ2) is 7.45. The maximum atomic E-state index is 13.2. The molecular formula is C23H18N6O3. The van der Waals surface area contributed by atoms with E-state index in [1.807, 2.05) is 36.4 Å². The molecule has 5 heterocycles. The van der Waals surface area contributed by atoms with E-state index in [1.165, 1.54) is 0 Å². The van der Waals surface area contributed by atoms with Gasteiger partial charge in [0.1, 0.15) is 0 Å². The lowest BCUT2D eigenvalue weighted by Gasteiger charge is -2.11. The zero-order chi connectivity index (χ0) is 21.5. The molecule has 1 aromatic carbocycles.